The van der Waals surface area contributed by atoms with Crippen LogP contribution in [0.15, 0.2) is 48.5 Å². The molecule has 0 saturated heterocycles. The second-order valence-electron chi connectivity index (χ2n) is 6.14. The lowest BCUT2D eigenvalue weighted by Crippen LogP contribution is -2.31. The van der Waals surface area contributed by atoms with E-state index in [1.807, 2.05) is 13.0 Å². The number of benzene rings is 2. The molecule has 1 atom stereocenters. The normalized spacial score (nSPS) is 11.7. The first kappa shape index (κ1) is 19.4. The number of aliphatic carboxylic acids is 1. The molecule has 0 aliphatic rings. The van der Waals surface area contributed by atoms with E-state index in [4.69, 9.17) is 9.84 Å². The van der Waals surface area contributed by atoms with Gasteiger partial charge in [0, 0.05) is 18.7 Å². The Hall–Kier alpha value is -2.89. The van der Waals surface area contributed by atoms with Gasteiger partial charge in [-0.2, -0.15) is 0 Å². The van der Waals surface area contributed by atoms with Crippen LogP contribution in [0, 0.1) is 11.7 Å². The van der Waals surface area contributed by atoms with Crippen LogP contribution in [-0.2, 0) is 16.0 Å². The second kappa shape index (κ2) is 8.99. The molecule has 2 aromatic carbocycles. The van der Waals surface area contributed by atoms with Gasteiger partial charge in [0.1, 0.15) is 11.6 Å². The summed E-state index contributed by atoms with van der Waals surface area (Å²) < 4.78 is 18.3. The topological polar surface area (TPSA) is 66.8 Å². The third kappa shape index (κ3) is 5.58. The molecule has 0 fully saturated rings. The summed E-state index contributed by atoms with van der Waals surface area (Å²) in [5, 5.41) is 8.60. The molecule has 5 nitrogen and oxygen atoms in total. The van der Waals surface area contributed by atoms with Crippen LogP contribution in [0.25, 0.3) is 0 Å². The molecule has 1 unspecified atom stereocenters. The molecule has 0 heterocycles. The number of amides is 1. The minimum atomic E-state index is -1.05. The van der Waals surface area contributed by atoms with E-state index in [1.54, 1.807) is 42.3 Å². The predicted octanol–water partition coefficient (Wildman–Crippen LogP) is 3.52. The van der Waals surface area contributed by atoms with E-state index in [-0.39, 0.29) is 17.6 Å². The maximum absolute atomic E-state index is 13.2. The average Bonchev–Trinajstić information content (AvgIpc) is 2.63. The summed E-state index contributed by atoms with van der Waals surface area (Å²) in [5.74, 6) is -1.15. The van der Waals surface area contributed by atoms with Crippen molar-refractivity contribution in [1.29, 1.82) is 0 Å². The van der Waals surface area contributed by atoms with Crippen molar-refractivity contribution < 1.29 is 23.8 Å². The van der Waals surface area contributed by atoms with Crippen LogP contribution >= 0.6 is 0 Å². The summed E-state index contributed by atoms with van der Waals surface area (Å²) in [4.78, 5) is 24.6. The lowest BCUT2D eigenvalue weighted by molar-refractivity contribution is -0.139. The molecule has 1 N–H and O–H groups in total. The van der Waals surface area contributed by atoms with Gasteiger partial charge < -0.3 is 14.7 Å². The van der Waals surface area contributed by atoms with E-state index >= 15 is 0 Å². The minimum absolute atomic E-state index is 0.0411. The fourth-order valence-corrected chi connectivity index (χ4v) is 2.57. The van der Waals surface area contributed by atoms with Crippen molar-refractivity contribution in [3.05, 3.63) is 59.9 Å². The number of hydrogen-bond donors (Lipinski definition) is 1. The SMILES string of the molecule is CC(CCc1cccc(F)c1)C(=O)N(C)c1ccc(OCC(=O)O)cc1. The van der Waals surface area contributed by atoms with E-state index < -0.39 is 12.6 Å². The summed E-state index contributed by atoms with van der Waals surface area (Å²) in [5.41, 5.74) is 1.56. The van der Waals surface area contributed by atoms with Gasteiger partial charge in [-0.15, -0.1) is 0 Å². The Morgan fingerprint density at radius 1 is 1.19 bits per heavy atom. The van der Waals surface area contributed by atoms with Gasteiger partial charge >= 0.3 is 5.97 Å². The van der Waals surface area contributed by atoms with Gasteiger partial charge in [0.15, 0.2) is 6.61 Å². The fraction of sp³-hybridized carbons (Fsp3) is 0.300. The molecule has 0 saturated carbocycles. The number of anilines is 1. The zero-order valence-corrected chi connectivity index (χ0v) is 14.8. The van der Waals surface area contributed by atoms with Crippen LogP contribution < -0.4 is 9.64 Å². The molecule has 0 spiro atoms. The molecule has 0 aromatic heterocycles. The van der Waals surface area contributed by atoms with Gasteiger partial charge in [-0.05, 0) is 54.8 Å². The van der Waals surface area contributed by atoms with E-state index in [9.17, 15) is 14.0 Å². The first-order valence-electron chi connectivity index (χ1n) is 8.33. The summed E-state index contributed by atoms with van der Waals surface area (Å²) >= 11 is 0. The molecule has 2 rings (SSSR count). The fourth-order valence-electron chi connectivity index (χ4n) is 2.57. The van der Waals surface area contributed by atoms with Crippen LogP contribution in [0.1, 0.15) is 18.9 Å². The third-order valence-electron chi connectivity index (χ3n) is 4.09. The van der Waals surface area contributed by atoms with Crippen molar-refractivity contribution in [3.63, 3.8) is 0 Å². The lowest BCUT2D eigenvalue weighted by Gasteiger charge is -2.22. The van der Waals surface area contributed by atoms with Crippen LogP contribution in [0.3, 0.4) is 0 Å². The van der Waals surface area contributed by atoms with Gasteiger partial charge in [0.2, 0.25) is 5.91 Å². The average molecular weight is 359 g/mol. The van der Waals surface area contributed by atoms with Crippen LogP contribution in [0.4, 0.5) is 10.1 Å². The Balaban J connectivity index is 1.91. The van der Waals surface area contributed by atoms with E-state index in [0.717, 1.165) is 5.56 Å². The Morgan fingerprint density at radius 3 is 2.50 bits per heavy atom. The number of carboxylic acids is 1. The monoisotopic (exact) mass is 359 g/mol. The quantitative estimate of drug-likeness (QED) is 0.783. The van der Waals surface area contributed by atoms with Gasteiger partial charge in [-0.25, -0.2) is 9.18 Å². The molecule has 138 valence electrons. The van der Waals surface area contributed by atoms with Gasteiger partial charge in [-0.1, -0.05) is 19.1 Å². The number of ether oxygens (including phenoxy) is 1. The first-order chi connectivity index (χ1) is 12.4. The van der Waals surface area contributed by atoms with Crippen molar-refractivity contribution in [2.24, 2.45) is 5.92 Å². The van der Waals surface area contributed by atoms with Crippen LogP contribution in [0.5, 0.6) is 5.75 Å². The summed E-state index contributed by atoms with van der Waals surface area (Å²) in [7, 11) is 1.69. The number of carbonyl (C=O) groups excluding carboxylic acids is 1. The molecule has 1 amide bonds. The van der Waals surface area contributed by atoms with Crippen LogP contribution in [0.2, 0.25) is 0 Å². The molecular formula is C20H22FNO4. The smallest absolute Gasteiger partial charge is 0.341 e. The number of carboxylic acid groups (broad SMARTS) is 1. The van der Waals surface area contributed by atoms with Gasteiger partial charge in [0.05, 0.1) is 0 Å². The highest BCUT2D eigenvalue weighted by Crippen LogP contribution is 2.21. The van der Waals surface area contributed by atoms with Crippen molar-refractivity contribution >= 4 is 17.6 Å². The molecule has 0 bridgehead atoms. The summed E-state index contributed by atoms with van der Waals surface area (Å²) in [6.07, 6.45) is 1.24. The van der Waals surface area contributed by atoms with Gasteiger partial charge in [0.25, 0.3) is 0 Å². The highest BCUT2D eigenvalue weighted by Gasteiger charge is 2.18. The summed E-state index contributed by atoms with van der Waals surface area (Å²) in [6, 6.07) is 13.0. The van der Waals surface area contributed by atoms with E-state index in [0.29, 0.717) is 24.3 Å². The minimum Gasteiger partial charge on any atom is -0.482 e. The molecule has 0 aliphatic carbocycles. The number of carbonyl (C=O) groups is 2. The molecule has 26 heavy (non-hydrogen) atoms. The van der Waals surface area contributed by atoms with Crippen molar-refractivity contribution in [1.82, 2.24) is 0 Å². The van der Waals surface area contributed by atoms with Crippen molar-refractivity contribution in [2.45, 2.75) is 19.8 Å². The van der Waals surface area contributed by atoms with Crippen LogP contribution in [-0.4, -0.2) is 30.6 Å². The van der Waals surface area contributed by atoms with E-state index in [2.05, 4.69) is 0 Å². The predicted molar refractivity (Wildman–Crippen MR) is 96.9 cm³/mol. The maximum atomic E-state index is 13.2. The zero-order valence-electron chi connectivity index (χ0n) is 14.8. The zero-order chi connectivity index (χ0) is 19.1. The summed E-state index contributed by atoms with van der Waals surface area (Å²) in [6.45, 7) is 1.44. The third-order valence-corrected chi connectivity index (χ3v) is 4.09. The Kier molecular flexibility index (Phi) is 6.72. The standard InChI is InChI=1S/C20H22FNO4/c1-14(6-7-15-4-3-5-16(21)12-15)20(25)22(2)17-8-10-18(11-9-17)26-13-19(23)24/h3-5,8-12,14H,6-7,13H2,1-2H3,(H,23,24). The number of aryl methyl sites for hydroxylation is 1. The lowest BCUT2D eigenvalue weighted by atomic mass is 9.99. The Labute approximate surface area is 152 Å². The number of nitrogens with zero attached hydrogens (tertiary/aromatic N) is 1. The maximum Gasteiger partial charge on any atom is 0.341 e. The number of rotatable bonds is 8. The molecule has 6 heteroatoms. The number of hydrogen-bond acceptors (Lipinski definition) is 3. The Bertz CT molecular complexity index is 761. The highest BCUT2D eigenvalue weighted by atomic mass is 19.1. The van der Waals surface area contributed by atoms with Gasteiger partial charge in [-0.3, -0.25) is 4.79 Å². The molecule has 0 radical (unpaired) electrons. The first-order valence-corrected chi connectivity index (χ1v) is 8.33. The van der Waals surface area contributed by atoms with Crippen molar-refractivity contribution in [2.75, 3.05) is 18.6 Å². The van der Waals surface area contributed by atoms with E-state index in [1.165, 1.54) is 12.1 Å². The largest absolute Gasteiger partial charge is 0.482 e. The van der Waals surface area contributed by atoms with Crippen molar-refractivity contribution in [3.8, 4) is 5.75 Å². The number of halogens is 1. The Morgan fingerprint density at radius 2 is 1.88 bits per heavy atom. The molecular weight excluding hydrogens is 337 g/mol. The highest BCUT2D eigenvalue weighted by molar-refractivity contribution is 5.94. The molecule has 0 aliphatic heterocycles. The second-order valence-corrected chi connectivity index (χ2v) is 6.14. The molecule has 2 aromatic rings.